The van der Waals surface area contributed by atoms with Crippen LogP contribution in [-0.2, 0) is 19.6 Å². The second-order valence-electron chi connectivity index (χ2n) is 8.51. The molecule has 10 heteroatoms. The predicted molar refractivity (Wildman–Crippen MR) is 135 cm³/mol. The van der Waals surface area contributed by atoms with Gasteiger partial charge in [-0.05, 0) is 47.4 Å². The minimum absolute atomic E-state index is 0.0620. The maximum Gasteiger partial charge on any atom is 0.325 e. The first-order valence-corrected chi connectivity index (χ1v) is 13.1. The van der Waals surface area contributed by atoms with E-state index in [4.69, 9.17) is 16.7 Å². The van der Waals surface area contributed by atoms with Crippen molar-refractivity contribution in [3.8, 4) is 11.1 Å². The number of benzene rings is 3. The fourth-order valence-electron chi connectivity index (χ4n) is 4.43. The molecule has 4 rings (SSSR count). The topological polar surface area (TPSA) is 124 Å². The Morgan fingerprint density at radius 1 is 0.972 bits per heavy atom. The molecule has 3 aromatic carbocycles. The lowest BCUT2D eigenvalue weighted by molar-refractivity contribution is -0.143. The van der Waals surface area contributed by atoms with Gasteiger partial charge in [0.1, 0.15) is 12.1 Å². The monoisotopic (exact) mass is 528 g/mol. The second kappa shape index (κ2) is 10.4. The number of rotatable bonds is 10. The summed E-state index contributed by atoms with van der Waals surface area (Å²) < 4.78 is 28.6. The molecule has 0 bridgehead atoms. The number of carbonyl (C=O) groups excluding carboxylic acids is 1. The van der Waals surface area contributed by atoms with Gasteiger partial charge in [0.05, 0.1) is 4.90 Å². The van der Waals surface area contributed by atoms with Crippen molar-refractivity contribution in [2.24, 2.45) is 0 Å². The van der Waals surface area contributed by atoms with Crippen molar-refractivity contribution in [1.29, 1.82) is 0 Å². The zero-order valence-electron chi connectivity index (χ0n) is 19.2. The number of aliphatic hydroxyl groups excluding tert-OH is 1. The third-order valence-corrected chi connectivity index (χ3v) is 8.56. The highest BCUT2D eigenvalue weighted by Gasteiger charge is 2.67. The highest BCUT2D eigenvalue weighted by atomic mass is 35.5. The Hall–Kier alpha value is -3.24. The molecule has 0 saturated heterocycles. The molecule has 0 aliphatic heterocycles. The molecule has 1 aliphatic carbocycles. The van der Waals surface area contributed by atoms with Crippen LogP contribution in [0.3, 0.4) is 0 Å². The molecule has 36 heavy (non-hydrogen) atoms. The molecule has 3 N–H and O–H groups in total. The standard InChI is InChI=1S/C26H25ClN2O6S/c27-21-10-6-18(7-11-21)19-8-12-22(13-9-19)36(34,35)29(15-14-28-24(31)17-30)26(25(32)33)16-23(26)20-4-2-1-3-5-20/h1-13,23,30H,14-17H2,(H,28,31)(H,32,33). The summed E-state index contributed by atoms with van der Waals surface area (Å²) in [6, 6.07) is 22.2. The van der Waals surface area contributed by atoms with Crippen LogP contribution in [0.2, 0.25) is 5.02 Å². The Morgan fingerprint density at radius 3 is 2.11 bits per heavy atom. The smallest absolute Gasteiger partial charge is 0.325 e. The SMILES string of the molecule is O=C(CO)NCCN(C1(C(=O)O)CC1c1ccccc1)S(=O)(=O)c1ccc(-c2ccc(Cl)cc2)cc1. The third kappa shape index (κ3) is 5.01. The number of aliphatic carboxylic acids is 1. The van der Waals surface area contributed by atoms with E-state index in [1.54, 1.807) is 54.6 Å². The molecule has 2 atom stereocenters. The van der Waals surface area contributed by atoms with Gasteiger partial charge in [-0.15, -0.1) is 0 Å². The Kier molecular flexibility index (Phi) is 7.46. The van der Waals surface area contributed by atoms with E-state index in [9.17, 15) is 23.1 Å². The molecule has 1 fully saturated rings. The number of amides is 1. The number of aliphatic hydroxyl groups is 1. The quantitative estimate of drug-likeness (QED) is 0.371. The molecule has 188 valence electrons. The summed E-state index contributed by atoms with van der Waals surface area (Å²) in [6.45, 7) is -1.18. The first-order chi connectivity index (χ1) is 17.2. The summed E-state index contributed by atoms with van der Waals surface area (Å²) in [6.07, 6.45) is 0.0996. The molecular formula is C26H25ClN2O6S. The number of hydrogen-bond donors (Lipinski definition) is 3. The molecule has 0 spiro atoms. The molecule has 1 amide bonds. The highest BCUT2D eigenvalue weighted by molar-refractivity contribution is 7.89. The van der Waals surface area contributed by atoms with Gasteiger partial charge < -0.3 is 15.5 Å². The van der Waals surface area contributed by atoms with Crippen LogP contribution in [0, 0.1) is 0 Å². The lowest BCUT2D eigenvalue weighted by Crippen LogP contribution is -2.51. The molecule has 8 nitrogen and oxygen atoms in total. The molecule has 1 saturated carbocycles. The van der Waals surface area contributed by atoms with Crippen molar-refractivity contribution >= 4 is 33.5 Å². The lowest BCUT2D eigenvalue weighted by atomic mass is 10.1. The van der Waals surface area contributed by atoms with Gasteiger partial charge >= 0.3 is 5.97 Å². The Morgan fingerprint density at radius 2 is 1.56 bits per heavy atom. The zero-order valence-corrected chi connectivity index (χ0v) is 20.7. The molecular weight excluding hydrogens is 504 g/mol. The van der Waals surface area contributed by atoms with Gasteiger partial charge in [-0.2, -0.15) is 4.31 Å². The van der Waals surface area contributed by atoms with Gasteiger partial charge in [0.15, 0.2) is 0 Å². The number of sulfonamides is 1. The van der Waals surface area contributed by atoms with Crippen LogP contribution in [0.4, 0.5) is 0 Å². The van der Waals surface area contributed by atoms with E-state index in [2.05, 4.69) is 5.32 Å². The molecule has 3 aromatic rings. The zero-order chi connectivity index (χ0) is 25.9. The number of halogens is 1. The minimum Gasteiger partial charge on any atom is -0.480 e. The van der Waals surface area contributed by atoms with Gasteiger partial charge in [0, 0.05) is 24.0 Å². The van der Waals surface area contributed by atoms with Crippen molar-refractivity contribution in [2.45, 2.75) is 22.8 Å². The van der Waals surface area contributed by atoms with Gasteiger partial charge in [0.2, 0.25) is 15.9 Å². The second-order valence-corrected chi connectivity index (χ2v) is 10.8. The number of nitrogens with one attached hydrogen (secondary N) is 1. The molecule has 1 aliphatic rings. The van der Waals surface area contributed by atoms with Crippen LogP contribution < -0.4 is 5.32 Å². The fourth-order valence-corrected chi connectivity index (χ4v) is 6.33. The first-order valence-electron chi connectivity index (χ1n) is 11.2. The average Bonchev–Trinajstić information content (AvgIpc) is 3.64. The maximum atomic E-state index is 13.8. The van der Waals surface area contributed by atoms with E-state index < -0.39 is 40.0 Å². The van der Waals surface area contributed by atoms with E-state index in [1.165, 1.54) is 12.1 Å². The Bertz CT molecular complexity index is 1350. The van der Waals surface area contributed by atoms with Crippen LogP contribution in [0.25, 0.3) is 11.1 Å². The predicted octanol–water partition coefficient (Wildman–Crippen LogP) is 3.12. The third-order valence-electron chi connectivity index (χ3n) is 6.35. The summed E-state index contributed by atoms with van der Waals surface area (Å²) >= 11 is 5.95. The number of carboxylic acids is 1. The number of carbonyl (C=O) groups is 2. The van der Waals surface area contributed by atoms with Crippen LogP contribution >= 0.6 is 11.6 Å². The minimum atomic E-state index is -4.27. The fraction of sp³-hybridized carbons (Fsp3) is 0.231. The summed E-state index contributed by atoms with van der Waals surface area (Å²) in [5, 5.41) is 22.2. The molecule has 2 unspecified atom stereocenters. The van der Waals surface area contributed by atoms with Crippen molar-refractivity contribution in [1.82, 2.24) is 9.62 Å². The number of hydrogen-bond acceptors (Lipinski definition) is 5. The summed E-state index contributed by atoms with van der Waals surface area (Å²) in [7, 11) is -4.27. The first kappa shape index (κ1) is 25.8. The summed E-state index contributed by atoms with van der Waals surface area (Å²) in [4.78, 5) is 24.0. The van der Waals surface area contributed by atoms with Gasteiger partial charge in [-0.1, -0.05) is 66.2 Å². The Balaban J connectivity index is 1.69. The van der Waals surface area contributed by atoms with E-state index in [0.29, 0.717) is 5.02 Å². The van der Waals surface area contributed by atoms with Gasteiger partial charge in [-0.25, -0.2) is 8.42 Å². The largest absolute Gasteiger partial charge is 0.480 e. The normalized spacial score (nSPS) is 19.1. The summed E-state index contributed by atoms with van der Waals surface area (Å²) in [5.74, 6) is -2.49. The summed E-state index contributed by atoms with van der Waals surface area (Å²) in [5.41, 5.74) is 0.644. The van der Waals surface area contributed by atoms with E-state index >= 15 is 0 Å². The van der Waals surface area contributed by atoms with Crippen molar-refractivity contribution in [3.05, 3.63) is 89.4 Å². The van der Waals surface area contributed by atoms with E-state index in [-0.39, 0.29) is 24.4 Å². The highest BCUT2D eigenvalue weighted by Crippen LogP contribution is 2.57. The van der Waals surface area contributed by atoms with Gasteiger partial charge in [-0.3, -0.25) is 9.59 Å². The molecule has 0 radical (unpaired) electrons. The van der Waals surface area contributed by atoms with E-state index in [1.807, 2.05) is 12.1 Å². The van der Waals surface area contributed by atoms with Crippen molar-refractivity contribution in [3.63, 3.8) is 0 Å². The Labute approximate surface area is 214 Å². The van der Waals surface area contributed by atoms with Crippen LogP contribution in [0.1, 0.15) is 17.9 Å². The number of carboxylic acid groups (broad SMARTS) is 1. The van der Waals surface area contributed by atoms with E-state index in [0.717, 1.165) is 21.0 Å². The number of nitrogens with zero attached hydrogens (tertiary/aromatic N) is 1. The van der Waals surface area contributed by atoms with Gasteiger partial charge in [0.25, 0.3) is 0 Å². The lowest BCUT2D eigenvalue weighted by Gasteiger charge is -2.29. The average molecular weight is 529 g/mol. The van der Waals surface area contributed by atoms with Crippen LogP contribution in [-0.4, -0.2) is 60.0 Å². The van der Waals surface area contributed by atoms with Crippen LogP contribution in [0.5, 0.6) is 0 Å². The molecule has 0 aromatic heterocycles. The maximum absolute atomic E-state index is 13.8. The van der Waals surface area contributed by atoms with Crippen molar-refractivity contribution in [2.75, 3.05) is 19.7 Å². The van der Waals surface area contributed by atoms with Crippen molar-refractivity contribution < 1.29 is 28.2 Å². The van der Waals surface area contributed by atoms with Crippen LogP contribution in [0.15, 0.2) is 83.8 Å². The molecule has 0 heterocycles.